The maximum Gasteiger partial charge on any atom is 0.193 e. The monoisotopic (exact) mass is 266 g/mol. The van der Waals surface area contributed by atoms with Crippen molar-refractivity contribution in [2.75, 3.05) is 0 Å². The van der Waals surface area contributed by atoms with Crippen LogP contribution < -0.4 is 0 Å². The zero-order valence-electron chi connectivity index (χ0n) is 11.4. The summed E-state index contributed by atoms with van der Waals surface area (Å²) in [5, 5.41) is 9.67. The van der Waals surface area contributed by atoms with E-state index in [1.165, 1.54) is 19.4 Å². The van der Waals surface area contributed by atoms with Crippen molar-refractivity contribution < 1.29 is 9.90 Å². The second-order valence-electron chi connectivity index (χ2n) is 5.70. The number of aliphatic hydroxyl groups is 1. The molecular weight excluding hydrogens is 236 g/mol. The Morgan fingerprint density at radius 3 is 1.79 bits per heavy atom. The molecule has 1 N–H and O–H groups in total. The fourth-order valence-corrected chi connectivity index (χ4v) is 1.63. The Hall–Kier alpha value is -1.15. The fourth-order valence-electron chi connectivity index (χ4n) is 1.63. The first-order chi connectivity index (χ1) is 7.68. The molecule has 1 rings (SSSR count). The van der Waals surface area contributed by atoms with E-state index in [-0.39, 0.29) is 26.1 Å². The molecule has 0 amide bonds. The van der Waals surface area contributed by atoms with Gasteiger partial charge in [-0.05, 0) is 31.2 Å². The highest BCUT2D eigenvalue weighted by atomic mass is 16.3. The van der Waals surface area contributed by atoms with Crippen LogP contribution in [0.3, 0.4) is 0 Å². The third-order valence-corrected chi connectivity index (χ3v) is 3.37. The van der Waals surface area contributed by atoms with E-state index in [9.17, 15) is 9.90 Å². The van der Waals surface area contributed by atoms with Crippen LogP contribution >= 0.6 is 0 Å². The highest BCUT2D eigenvalue weighted by Gasteiger charge is 2.25. The molecule has 0 unspecified atom stereocenters. The van der Waals surface area contributed by atoms with E-state index >= 15 is 0 Å². The number of hydrogen-bond donors (Lipinski definition) is 1. The summed E-state index contributed by atoms with van der Waals surface area (Å²) in [5.74, 6) is -0.238. The van der Waals surface area contributed by atoms with Crippen LogP contribution in [0.25, 0.3) is 0 Å². The SMILES string of the molecule is C.C.CCC(C)(C)c1ccc(C(=O)C(C)(C)O)cc1. The number of rotatable bonds is 4. The molecule has 19 heavy (non-hydrogen) atoms. The van der Waals surface area contributed by atoms with E-state index in [2.05, 4.69) is 20.8 Å². The second-order valence-corrected chi connectivity index (χ2v) is 5.70. The minimum atomic E-state index is -1.30. The van der Waals surface area contributed by atoms with Gasteiger partial charge in [0, 0.05) is 5.56 Å². The van der Waals surface area contributed by atoms with Gasteiger partial charge in [0.2, 0.25) is 0 Å². The van der Waals surface area contributed by atoms with Gasteiger partial charge in [-0.1, -0.05) is 59.9 Å². The van der Waals surface area contributed by atoms with Crippen molar-refractivity contribution in [3.8, 4) is 0 Å². The van der Waals surface area contributed by atoms with Gasteiger partial charge in [0.25, 0.3) is 0 Å². The molecular formula is C17H30O2. The summed E-state index contributed by atoms with van der Waals surface area (Å²) in [4.78, 5) is 11.8. The van der Waals surface area contributed by atoms with Crippen LogP contribution in [0.1, 0.15) is 71.8 Å². The maximum atomic E-state index is 11.8. The number of hydrogen-bond acceptors (Lipinski definition) is 2. The Bertz CT molecular complexity index is 394. The predicted molar refractivity (Wildman–Crippen MR) is 83.8 cm³/mol. The van der Waals surface area contributed by atoms with Crippen molar-refractivity contribution in [1.82, 2.24) is 0 Å². The van der Waals surface area contributed by atoms with Crippen molar-refractivity contribution in [2.45, 2.75) is 66.9 Å². The fraction of sp³-hybridized carbons (Fsp3) is 0.588. The molecule has 0 atom stereocenters. The number of ketones is 1. The van der Waals surface area contributed by atoms with E-state index in [4.69, 9.17) is 0 Å². The predicted octanol–water partition coefficient (Wildman–Crippen LogP) is 4.60. The Morgan fingerprint density at radius 1 is 1.05 bits per heavy atom. The van der Waals surface area contributed by atoms with E-state index < -0.39 is 5.60 Å². The Morgan fingerprint density at radius 2 is 1.47 bits per heavy atom. The van der Waals surface area contributed by atoms with Crippen LogP contribution in [-0.2, 0) is 5.41 Å². The molecule has 1 aromatic carbocycles. The van der Waals surface area contributed by atoms with Gasteiger partial charge in [0.15, 0.2) is 5.78 Å². The minimum Gasteiger partial charge on any atom is -0.382 e. The van der Waals surface area contributed by atoms with Gasteiger partial charge >= 0.3 is 0 Å². The molecule has 0 aliphatic carbocycles. The molecule has 0 fully saturated rings. The lowest BCUT2D eigenvalue weighted by molar-refractivity contribution is 0.0488. The van der Waals surface area contributed by atoms with Crippen LogP contribution in [0.15, 0.2) is 24.3 Å². The summed E-state index contributed by atoms with van der Waals surface area (Å²) in [6.45, 7) is 9.54. The number of Topliss-reactive ketones (excluding diaryl/α,β-unsaturated/α-hetero) is 1. The van der Waals surface area contributed by atoms with Crippen LogP contribution in [0.2, 0.25) is 0 Å². The molecule has 0 aromatic heterocycles. The number of carbonyl (C=O) groups excluding carboxylic acids is 1. The molecule has 0 saturated carbocycles. The van der Waals surface area contributed by atoms with E-state index in [0.29, 0.717) is 5.56 Å². The summed E-state index contributed by atoms with van der Waals surface area (Å²) >= 11 is 0. The average molecular weight is 266 g/mol. The molecule has 2 heteroatoms. The van der Waals surface area contributed by atoms with Gasteiger partial charge in [0.1, 0.15) is 5.60 Å². The van der Waals surface area contributed by atoms with Gasteiger partial charge in [-0.15, -0.1) is 0 Å². The third kappa shape index (κ3) is 4.79. The largest absolute Gasteiger partial charge is 0.382 e. The summed E-state index contributed by atoms with van der Waals surface area (Å²) in [5.41, 5.74) is 0.596. The first-order valence-corrected chi connectivity index (χ1v) is 6.06. The first kappa shape index (κ1) is 20.2. The standard InChI is InChI=1S/C15H22O2.2CH4/c1-6-14(2,3)12-9-7-11(8-10-12)13(16)15(4,5)17;;/h7-10,17H,6H2,1-5H3;2*1H4. The smallest absolute Gasteiger partial charge is 0.193 e. The molecule has 2 nitrogen and oxygen atoms in total. The minimum absolute atomic E-state index is 0. The number of carbonyl (C=O) groups is 1. The molecule has 0 spiro atoms. The Labute approximate surface area is 118 Å². The lowest BCUT2D eigenvalue weighted by Gasteiger charge is -2.24. The topological polar surface area (TPSA) is 37.3 Å². The molecule has 0 radical (unpaired) electrons. The molecule has 0 saturated heterocycles. The van der Waals surface area contributed by atoms with Crippen molar-refractivity contribution in [3.05, 3.63) is 35.4 Å². The summed E-state index contributed by atoms with van der Waals surface area (Å²) in [6, 6.07) is 7.55. The summed E-state index contributed by atoms with van der Waals surface area (Å²) < 4.78 is 0. The highest BCUT2D eigenvalue weighted by molar-refractivity contribution is 6.01. The molecule has 0 aliphatic heterocycles. The highest BCUT2D eigenvalue weighted by Crippen LogP contribution is 2.27. The maximum absolute atomic E-state index is 11.8. The lowest BCUT2D eigenvalue weighted by atomic mass is 9.81. The van der Waals surface area contributed by atoms with Crippen molar-refractivity contribution in [1.29, 1.82) is 0 Å². The van der Waals surface area contributed by atoms with E-state index in [1.54, 1.807) is 12.1 Å². The molecule has 0 aliphatic rings. The number of benzene rings is 1. The molecule has 1 aromatic rings. The van der Waals surface area contributed by atoms with Crippen LogP contribution in [0, 0.1) is 0 Å². The van der Waals surface area contributed by atoms with Gasteiger partial charge < -0.3 is 5.11 Å². The molecule has 0 bridgehead atoms. The van der Waals surface area contributed by atoms with Crippen LogP contribution in [0.4, 0.5) is 0 Å². The first-order valence-electron chi connectivity index (χ1n) is 6.06. The second kappa shape index (κ2) is 6.85. The Balaban J connectivity index is 0. The van der Waals surface area contributed by atoms with E-state index in [0.717, 1.165) is 6.42 Å². The van der Waals surface area contributed by atoms with Gasteiger partial charge in [-0.25, -0.2) is 0 Å². The molecule has 0 heterocycles. The van der Waals surface area contributed by atoms with Crippen molar-refractivity contribution >= 4 is 5.78 Å². The summed E-state index contributed by atoms with van der Waals surface area (Å²) in [7, 11) is 0. The summed E-state index contributed by atoms with van der Waals surface area (Å²) in [6.07, 6.45) is 1.05. The van der Waals surface area contributed by atoms with Crippen molar-refractivity contribution in [3.63, 3.8) is 0 Å². The van der Waals surface area contributed by atoms with E-state index in [1.807, 2.05) is 12.1 Å². The quantitative estimate of drug-likeness (QED) is 0.809. The zero-order chi connectivity index (χ0) is 13.3. The van der Waals surface area contributed by atoms with Crippen LogP contribution in [-0.4, -0.2) is 16.5 Å². The van der Waals surface area contributed by atoms with Gasteiger partial charge in [-0.3, -0.25) is 4.79 Å². The average Bonchev–Trinajstić information content (AvgIpc) is 2.27. The lowest BCUT2D eigenvalue weighted by Crippen LogP contribution is -2.31. The van der Waals surface area contributed by atoms with Crippen molar-refractivity contribution in [2.24, 2.45) is 0 Å². The third-order valence-electron chi connectivity index (χ3n) is 3.37. The normalized spacial score (nSPS) is 11.3. The zero-order valence-corrected chi connectivity index (χ0v) is 11.4. The van der Waals surface area contributed by atoms with Gasteiger partial charge in [-0.2, -0.15) is 0 Å². The van der Waals surface area contributed by atoms with Gasteiger partial charge in [0.05, 0.1) is 0 Å². The Kier molecular flexibility index (Phi) is 7.28. The van der Waals surface area contributed by atoms with Crippen LogP contribution in [0.5, 0.6) is 0 Å². The molecule has 110 valence electrons.